The first-order chi connectivity index (χ1) is 7.00. The smallest absolute Gasteiger partial charge is 0.306 e. The van der Waals surface area contributed by atoms with E-state index in [4.69, 9.17) is 5.11 Å². The lowest BCUT2D eigenvalue weighted by Gasteiger charge is -2.08. The van der Waals surface area contributed by atoms with Gasteiger partial charge in [-0.25, -0.2) is 0 Å². The van der Waals surface area contributed by atoms with E-state index < -0.39 is 5.97 Å². The number of rotatable bonds is 4. The molecule has 1 rings (SSSR count). The van der Waals surface area contributed by atoms with Gasteiger partial charge in [0, 0.05) is 11.9 Å². The van der Waals surface area contributed by atoms with E-state index in [0.717, 1.165) is 11.3 Å². The predicted octanol–water partition coefficient (Wildman–Crippen LogP) is 2.47. The fraction of sp³-hybridized carbons (Fsp3) is 0.500. The number of hydrogen-bond acceptors (Lipinski definition) is 2. The van der Waals surface area contributed by atoms with Crippen LogP contribution in [0.4, 0.5) is 0 Å². The summed E-state index contributed by atoms with van der Waals surface area (Å²) in [5.74, 6) is -0.699. The van der Waals surface area contributed by atoms with Crippen molar-refractivity contribution in [2.45, 2.75) is 33.1 Å². The van der Waals surface area contributed by atoms with Crippen LogP contribution in [-0.2, 0) is 11.2 Å². The summed E-state index contributed by atoms with van der Waals surface area (Å²) in [6.07, 6.45) is 2.31. The third-order valence-corrected chi connectivity index (χ3v) is 2.40. The molecule has 0 amide bonds. The van der Waals surface area contributed by atoms with Crippen molar-refractivity contribution in [3.63, 3.8) is 0 Å². The molecule has 1 aromatic rings. The molecule has 1 unspecified atom stereocenters. The van der Waals surface area contributed by atoms with E-state index >= 15 is 0 Å². The van der Waals surface area contributed by atoms with Gasteiger partial charge in [0.2, 0.25) is 0 Å². The topological polar surface area (TPSA) is 50.2 Å². The third-order valence-electron chi connectivity index (χ3n) is 2.40. The molecule has 0 radical (unpaired) electrons. The van der Waals surface area contributed by atoms with Crippen LogP contribution in [0.5, 0.6) is 0 Å². The molecule has 0 saturated carbocycles. The van der Waals surface area contributed by atoms with Crippen molar-refractivity contribution in [1.29, 1.82) is 0 Å². The minimum atomic E-state index is -0.761. The molecule has 1 aromatic heterocycles. The Bertz CT molecular complexity index is 330. The normalized spacial score (nSPS) is 12.8. The molecule has 0 saturated heterocycles. The number of aliphatic carboxylic acids is 1. The first-order valence-corrected chi connectivity index (χ1v) is 5.18. The second-order valence-electron chi connectivity index (χ2n) is 4.19. The molecule has 1 N–H and O–H groups in total. The molecular weight excluding hydrogens is 190 g/mol. The molecule has 0 aromatic carbocycles. The van der Waals surface area contributed by atoms with Crippen LogP contribution in [0, 0.1) is 5.92 Å². The van der Waals surface area contributed by atoms with Gasteiger partial charge in [-0.2, -0.15) is 0 Å². The summed E-state index contributed by atoms with van der Waals surface area (Å²) in [6, 6.07) is 3.93. The maximum atomic E-state index is 10.7. The number of carbonyl (C=O) groups is 1. The van der Waals surface area contributed by atoms with E-state index in [0.29, 0.717) is 12.3 Å². The minimum absolute atomic E-state index is 0.350. The maximum absolute atomic E-state index is 10.7. The summed E-state index contributed by atoms with van der Waals surface area (Å²) >= 11 is 0. The number of nitrogens with zero attached hydrogens (tertiary/aromatic N) is 1. The van der Waals surface area contributed by atoms with E-state index in [1.807, 2.05) is 12.1 Å². The monoisotopic (exact) mass is 207 g/mol. The molecule has 0 bridgehead atoms. The SMILES string of the molecule is CC(Cc1ccc(C(C)C)nc1)C(=O)O. The minimum Gasteiger partial charge on any atom is -0.481 e. The summed E-state index contributed by atoms with van der Waals surface area (Å²) < 4.78 is 0. The van der Waals surface area contributed by atoms with Gasteiger partial charge in [-0.15, -0.1) is 0 Å². The van der Waals surface area contributed by atoms with E-state index in [1.54, 1.807) is 13.1 Å². The highest BCUT2D eigenvalue weighted by atomic mass is 16.4. The predicted molar refractivity (Wildman–Crippen MR) is 58.8 cm³/mol. The quantitative estimate of drug-likeness (QED) is 0.825. The fourth-order valence-electron chi connectivity index (χ4n) is 1.34. The summed E-state index contributed by atoms with van der Waals surface area (Å²) in [7, 11) is 0. The average molecular weight is 207 g/mol. The lowest BCUT2D eigenvalue weighted by Crippen LogP contribution is -2.12. The number of pyridine rings is 1. The van der Waals surface area contributed by atoms with Crippen molar-refractivity contribution in [1.82, 2.24) is 4.98 Å². The lowest BCUT2D eigenvalue weighted by atomic mass is 10.0. The van der Waals surface area contributed by atoms with Crippen LogP contribution >= 0.6 is 0 Å². The summed E-state index contributed by atoms with van der Waals surface area (Å²) in [6.45, 7) is 5.88. The molecule has 0 aliphatic heterocycles. The Hall–Kier alpha value is -1.38. The van der Waals surface area contributed by atoms with Crippen LogP contribution in [-0.4, -0.2) is 16.1 Å². The molecule has 82 valence electrons. The van der Waals surface area contributed by atoms with Crippen molar-refractivity contribution in [2.75, 3.05) is 0 Å². The van der Waals surface area contributed by atoms with Gasteiger partial charge in [-0.05, 0) is 24.0 Å². The number of carboxylic acid groups (broad SMARTS) is 1. The van der Waals surface area contributed by atoms with Gasteiger partial charge in [-0.3, -0.25) is 9.78 Å². The zero-order chi connectivity index (χ0) is 11.4. The molecule has 3 heteroatoms. The maximum Gasteiger partial charge on any atom is 0.306 e. The van der Waals surface area contributed by atoms with E-state index in [-0.39, 0.29) is 5.92 Å². The van der Waals surface area contributed by atoms with Gasteiger partial charge < -0.3 is 5.11 Å². The molecular formula is C12H17NO2. The Labute approximate surface area is 90.2 Å². The molecule has 0 aliphatic carbocycles. The zero-order valence-corrected chi connectivity index (χ0v) is 9.40. The summed E-state index contributed by atoms with van der Waals surface area (Å²) in [5.41, 5.74) is 2.02. The second kappa shape index (κ2) is 4.91. The largest absolute Gasteiger partial charge is 0.481 e. The van der Waals surface area contributed by atoms with Gasteiger partial charge in [0.15, 0.2) is 0 Å². The average Bonchev–Trinajstić information content (AvgIpc) is 2.18. The lowest BCUT2D eigenvalue weighted by molar-refractivity contribution is -0.141. The van der Waals surface area contributed by atoms with Crippen LogP contribution < -0.4 is 0 Å². The molecule has 1 heterocycles. The molecule has 0 fully saturated rings. The number of carboxylic acids is 1. The molecule has 3 nitrogen and oxygen atoms in total. The Morgan fingerprint density at radius 3 is 2.47 bits per heavy atom. The van der Waals surface area contributed by atoms with Crippen LogP contribution in [0.3, 0.4) is 0 Å². The Kier molecular flexibility index (Phi) is 3.83. The Morgan fingerprint density at radius 1 is 1.40 bits per heavy atom. The van der Waals surface area contributed by atoms with Gasteiger partial charge in [0.05, 0.1) is 5.92 Å². The second-order valence-corrected chi connectivity index (χ2v) is 4.19. The highest BCUT2D eigenvalue weighted by Crippen LogP contribution is 2.13. The first-order valence-electron chi connectivity index (χ1n) is 5.18. The van der Waals surface area contributed by atoms with Gasteiger partial charge in [-0.1, -0.05) is 26.8 Å². The van der Waals surface area contributed by atoms with Gasteiger partial charge in [0.25, 0.3) is 0 Å². The van der Waals surface area contributed by atoms with Gasteiger partial charge in [0.1, 0.15) is 0 Å². The van der Waals surface area contributed by atoms with E-state index in [9.17, 15) is 4.79 Å². The van der Waals surface area contributed by atoms with Crippen LogP contribution in [0.15, 0.2) is 18.3 Å². The standard InChI is InChI=1S/C12H17NO2/c1-8(2)11-5-4-10(7-13-11)6-9(3)12(14)15/h4-5,7-9H,6H2,1-3H3,(H,14,15). The fourth-order valence-corrected chi connectivity index (χ4v) is 1.34. The van der Waals surface area contributed by atoms with Crippen molar-refractivity contribution in [3.8, 4) is 0 Å². The molecule has 15 heavy (non-hydrogen) atoms. The van der Waals surface area contributed by atoms with Gasteiger partial charge >= 0.3 is 5.97 Å². The van der Waals surface area contributed by atoms with Crippen LogP contribution in [0.2, 0.25) is 0 Å². The molecule has 0 spiro atoms. The van der Waals surface area contributed by atoms with Crippen molar-refractivity contribution in [2.24, 2.45) is 5.92 Å². The summed E-state index contributed by atoms with van der Waals surface area (Å²) in [4.78, 5) is 15.0. The zero-order valence-electron chi connectivity index (χ0n) is 9.40. The van der Waals surface area contributed by atoms with E-state index in [1.165, 1.54) is 0 Å². The Morgan fingerprint density at radius 2 is 2.07 bits per heavy atom. The van der Waals surface area contributed by atoms with E-state index in [2.05, 4.69) is 18.8 Å². The number of aromatic nitrogens is 1. The molecule has 0 aliphatic rings. The van der Waals surface area contributed by atoms with Crippen LogP contribution in [0.25, 0.3) is 0 Å². The third kappa shape index (κ3) is 3.35. The number of hydrogen-bond donors (Lipinski definition) is 1. The highest BCUT2D eigenvalue weighted by Gasteiger charge is 2.11. The molecule has 1 atom stereocenters. The van der Waals surface area contributed by atoms with Crippen molar-refractivity contribution in [3.05, 3.63) is 29.6 Å². The summed E-state index contributed by atoms with van der Waals surface area (Å²) in [5, 5.41) is 8.77. The van der Waals surface area contributed by atoms with Crippen molar-refractivity contribution >= 4 is 5.97 Å². The highest BCUT2D eigenvalue weighted by molar-refractivity contribution is 5.69. The first kappa shape index (κ1) is 11.7. The Balaban J connectivity index is 2.68. The van der Waals surface area contributed by atoms with Crippen LogP contribution in [0.1, 0.15) is 37.9 Å². The van der Waals surface area contributed by atoms with Crippen molar-refractivity contribution < 1.29 is 9.90 Å².